The first kappa shape index (κ1) is 18.8. The number of fused-ring (bicyclic) bond motifs is 2. The van der Waals surface area contributed by atoms with Gasteiger partial charge in [-0.15, -0.1) is 0 Å². The van der Waals surface area contributed by atoms with Gasteiger partial charge in [-0.25, -0.2) is 0 Å². The summed E-state index contributed by atoms with van der Waals surface area (Å²) in [5.41, 5.74) is 1.88. The fourth-order valence-electron chi connectivity index (χ4n) is 5.09. The Morgan fingerprint density at radius 3 is 2.33 bits per heavy atom. The van der Waals surface area contributed by atoms with Crippen molar-refractivity contribution in [3.05, 3.63) is 11.1 Å². The van der Waals surface area contributed by atoms with E-state index in [1.54, 1.807) is 11.3 Å². The molecule has 1 saturated heterocycles. The lowest BCUT2D eigenvalue weighted by Crippen LogP contribution is -2.38. The molecule has 1 aliphatic carbocycles. The molecule has 5 nitrogen and oxygen atoms in total. The summed E-state index contributed by atoms with van der Waals surface area (Å²) in [5, 5.41) is 8.14. The molecule has 4 heterocycles. The van der Waals surface area contributed by atoms with Crippen LogP contribution in [-0.4, -0.2) is 31.4 Å². The van der Waals surface area contributed by atoms with Gasteiger partial charge in [0.15, 0.2) is 0 Å². The second-order valence-electron chi connectivity index (χ2n) is 9.41. The van der Waals surface area contributed by atoms with Gasteiger partial charge in [-0.1, -0.05) is 46.0 Å². The summed E-state index contributed by atoms with van der Waals surface area (Å²) >= 11 is 1.59. The van der Waals surface area contributed by atoms with Crippen molar-refractivity contribution < 1.29 is 9.59 Å². The average molecular weight is 390 g/mol. The zero-order chi connectivity index (χ0) is 19.6. The highest BCUT2D eigenvalue weighted by atomic mass is 32.1. The van der Waals surface area contributed by atoms with Gasteiger partial charge in [0.1, 0.15) is 5.00 Å². The molecule has 6 heteroatoms. The van der Waals surface area contributed by atoms with E-state index in [1.807, 2.05) is 0 Å². The minimum atomic E-state index is -0.0345. The Bertz CT molecular complexity index is 774. The molecular weight excluding hydrogens is 358 g/mol. The fourth-order valence-corrected chi connectivity index (χ4v) is 6.43. The minimum absolute atomic E-state index is 0.0128. The lowest BCUT2D eigenvalue weighted by Gasteiger charge is -2.40. The summed E-state index contributed by atoms with van der Waals surface area (Å²) in [7, 11) is 0. The van der Waals surface area contributed by atoms with Crippen LogP contribution in [0.2, 0.25) is 0 Å². The predicted molar refractivity (Wildman–Crippen MR) is 111 cm³/mol. The first-order chi connectivity index (χ1) is 12.7. The molecule has 1 saturated carbocycles. The molecule has 2 amide bonds. The van der Waals surface area contributed by atoms with Gasteiger partial charge in [-0.05, 0) is 36.0 Å². The van der Waals surface area contributed by atoms with Crippen LogP contribution in [0.25, 0.3) is 0 Å². The van der Waals surface area contributed by atoms with Gasteiger partial charge in [0.2, 0.25) is 5.91 Å². The molecule has 5 rings (SSSR count). The molecule has 1 aromatic heterocycles. The number of nitrogens with one attached hydrogen (secondary N) is 2. The van der Waals surface area contributed by atoms with Gasteiger partial charge in [-0.2, -0.15) is 0 Å². The van der Waals surface area contributed by atoms with E-state index in [1.165, 1.54) is 10.6 Å². The predicted octanol–water partition coefficient (Wildman–Crippen LogP) is 4.21. The summed E-state index contributed by atoms with van der Waals surface area (Å²) in [6, 6.07) is 0. The van der Waals surface area contributed by atoms with Crippen LogP contribution in [0.4, 0.5) is 10.0 Å². The van der Waals surface area contributed by atoms with E-state index >= 15 is 0 Å². The second-order valence-corrected chi connectivity index (χ2v) is 10.4. The number of carbonyl (C=O) groups is 2. The number of piperidine rings is 1. The second kappa shape index (κ2) is 6.23. The number of amides is 2. The largest absolute Gasteiger partial charge is 0.363 e. The molecule has 0 radical (unpaired) electrons. The molecule has 0 aromatic carbocycles. The third-order valence-electron chi connectivity index (χ3n) is 7.40. The van der Waals surface area contributed by atoms with Crippen LogP contribution < -0.4 is 15.5 Å². The molecule has 0 atom stereocenters. The topological polar surface area (TPSA) is 61.4 Å². The Morgan fingerprint density at radius 1 is 1.15 bits per heavy atom. The highest BCUT2D eigenvalue weighted by Gasteiger charge is 2.68. The highest BCUT2D eigenvalue weighted by Crippen LogP contribution is 2.68. The fraction of sp³-hybridized carbons (Fsp3) is 0.714. The van der Waals surface area contributed by atoms with Gasteiger partial charge < -0.3 is 15.5 Å². The molecule has 0 unspecified atom stereocenters. The maximum Gasteiger partial charge on any atom is 0.254 e. The Kier molecular flexibility index (Phi) is 4.33. The zero-order valence-electron chi connectivity index (χ0n) is 17.1. The molecule has 2 fully saturated rings. The number of rotatable bonds is 5. The molecule has 2 N–H and O–H groups in total. The maximum absolute atomic E-state index is 13.0. The van der Waals surface area contributed by atoms with Crippen LogP contribution in [0, 0.1) is 16.7 Å². The van der Waals surface area contributed by atoms with Crippen LogP contribution in [0.5, 0.6) is 0 Å². The minimum Gasteiger partial charge on any atom is -0.363 e. The number of carbonyl (C=O) groups excluding carboxylic acids is 2. The third-order valence-corrected chi connectivity index (χ3v) is 8.58. The molecule has 148 valence electrons. The maximum atomic E-state index is 13.0. The summed E-state index contributed by atoms with van der Waals surface area (Å²) in [6.07, 6.45) is 3.11. The van der Waals surface area contributed by atoms with E-state index in [-0.39, 0.29) is 28.6 Å². The van der Waals surface area contributed by atoms with Crippen molar-refractivity contribution in [3.63, 3.8) is 0 Å². The van der Waals surface area contributed by atoms with Crippen molar-refractivity contribution in [1.29, 1.82) is 0 Å². The highest BCUT2D eigenvalue weighted by molar-refractivity contribution is 7.21. The van der Waals surface area contributed by atoms with Gasteiger partial charge in [-0.3, -0.25) is 9.59 Å². The van der Waals surface area contributed by atoms with Gasteiger partial charge in [0, 0.05) is 31.1 Å². The number of nitrogens with zero attached hydrogens (tertiary/aromatic N) is 1. The number of anilines is 2. The third kappa shape index (κ3) is 2.71. The Hall–Kier alpha value is -1.56. The first-order valence-electron chi connectivity index (χ1n) is 10.2. The van der Waals surface area contributed by atoms with Crippen molar-refractivity contribution in [2.75, 3.05) is 29.9 Å². The van der Waals surface area contributed by atoms with Gasteiger partial charge in [0.25, 0.3) is 5.91 Å². The van der Waals surface area contributed by atoms with Crippen molar-refractivity contribution >= 4 is 33.2 Å². The molecular formula is C21H31N3O2S. The monoisotopic (exact) mass is 389 g/mol. The van der Waals surface area contributed by atoms with E-state index in [4.69, 9.17) is 0 Å². The first-order valence-corrected chi connectivity index (χ1v) is 11.0. The van der Waals surface area contributed by atoms with Crippen LogP contribution >= 0.6 is 11.3 Å². The molecule has 1 aromatic rings. The van der Waals surface area contributed by atoms with Crippen molar-refractivity contribution in [3.8, 4) is 0 Å². The molecule has 0 spiro atoms. The van der Waals surface area contributed by atoms with Crippen molar-refractivity contribution in [2.45, 2.75) is 59.8 Å². The SMILES string of the molecule is CCCNC(=O)c1c(NC(=O)C2C(C)(C)C2(C)C)sc2c1C1CCN2CC1. The lowest BCUT2D eigenvalue weighted by atomic mass is 9.83. The van der Waals surface area contributed by atoms with Crippen LogP contribution in [0.15, 0.2) is 0 Å². The number of thiophene rings is 1. The van der Waals surface area contributed by atoms with E-state index in [0.717, 1.165) is 42.9 Å². The standard InChI is InChI=1S/C21H31N3O2S/c1-6-9-22-16(25)14-13-12-7-10-24(11-8-12)19(13)27-18(14)23-17(26)15-20(2,3)21(15,4)5/h12,15H,6-11H2,1-5H3,(H,22,25)(H,23,26). The number of hydrogen-bond donors (Lipinski definition) is 2. The smallest absolute Gasteiger partial charge is 0.254 e. The Balaban J connectivity index is 1.67. The summed E-state index contributed by atoms with van der Waals surface area (Å²) in [4.78, 5) is 28.4. The van der Waals surface area contributed by atoms with Crippen molar-refractivity contribution in [2.24, 2.45) is 16.7 Å². The van der Waals surface area contributed by atoms with Crippen LogP contribution in [-0.2, 0) is 4.79 Å². The van der Waals surface area contributed by atoms with Crippen LogP contribution in [0.3, 0.4) is 0 Å². The lowest BCUT2D eigenvalue weighted by molar-refractivity contribution is -0.118. The van der Waals surface area contributed by atoms with Crippen molar-refractivity contribution in [1.82, 2.24) is 5.32 Å². The summed E-state index contributed by atoms with van der Waals surface area (Å²) in [6.45, 7) is 13.4. The van der Waals surface area contributed by atoms with E-state index < -0.39 is 0 Å². The summed E-state index contributed by atoms with van der Waals surface area (Å²) in [5.74, 6) is 0.444. The van der Waals surface area contributed by atoms with E-state index in [9.17, 15) is 9.59 Å². The van der Waals surface area contributed by atoms with Crippen LogP contribution in [0.1, 0.15) is 75.7 Å². The molecule has 4 aliphatic rings. The quantitative estimate of drug-likeness (QED) is 0.793. The normalized spacial score (nSPS) is 22.5. The summed E-state index contributed by atoms with van der Waals surface area (Å²) < 4.78 is 0. The van der Waals surface area contributed by atoms with E-state index in [2.05, 4.69) is 50.2 Å². The molecule has 3 aliphatic heterocycles. The van der Waals surface area contributed by atoms with Gasteiger partial charge in [0.05, 0.1) is 10.6 Å². The molecule has 27 heavy (non-hydrogen) atoms. The Morgan fingerprint density at radius 2 is 1.78 bits per heavy atom. The number of hydrogen-bond acceptors (Lipinski definition) is 4. The zero-order valence-corrected chi connectivity index (χ0v) is 17.9. The van der Waals surface area contributed by atoms with E-state index in [0.29, 0.717) is 12.5 Å². The Labute approximate surface area is 165 Å². The average Bonchev–Trinajstić information content (AvgIpc) is 2.91. The van der Waals surface area contributed by atoms with Gasteiger partial charge >= 0.3 is 0 Å². The molecule has 2 bridgehead atoms.